The van der Waals surface area contributed by atoms with Gasteiger partial charge < -0.3 is 19.7 Å². The van der Waals surface area contributed by atoms with Gasteiger partial charge in [0, 0.05) is 24.2 Å². The zero-order valence-corrected chi connectivity index (χ0v) is 21.8. The van der Waals surface area contributed by atoms with Crippen molar-refractivity contribution in [1.82, 2.24) is 10.2 Å². The van der Waals surface area contributed by atoms with Crippen LogP contribution in [0.2, 0.25) is 0 Å². The lowest BCUT2D eigenvalue weighted by Gasteiger charge is -2.32. The smallest absolute Gasteiger partial charge is 0.244 e. The lowest BCUT2D eigenvalue weighted by molar-refractivity contribution is -0.139. The van der Waals surface area contributed by atoms with Crippen molar-refractivity contribution in [2.75, 3.05) is 23.4 Å². The van der Waals surface area contributed by atoms with E-state index < -0.39 is 34.3 Å². The largest absolute Gasteiger partial charge is 0.454 e. The maximum atomic E-state index is 14.5. The highest BCUT2D eigenvalue weighted by atomic mass is 32.2. The van der Waals surface area contributed by atoms with Crippen molar-refractivity contribution in [2.24, 2.45) is 0 Å². The molecule has 2 aromatic carbocycles. The van der Waals surface area contributed by atoms with Crippen LogP contribution in [0.3, 0.4) is 0 Å². The Morgan fingerprint density at radius 2 is 1.81 bits per heavy atom. The highest BCUT2D eigenvalue weighted by Crippen LogP contribution is 2.36. The SMILES string of the molecule is CCS(=O)(=O)N(CC(=O)N(Cc1ccccc1F)[C@H](C)C(=O)NC1CCCC1)c1ccc2c(c1)OCO2. The summed E-state index contributed by atoms with van der Waals surface area (Å²) in [6.45, 7) is 2.32. The number of ether oxygens (including phenoxy) is 2. The Hall–Kier alpha value is -3.34. The molecule has 11 heteroatoms. The Kier molecular flexibility index (Phi) is 8.21. The Labute approximate surface area is 216 Å². The van der Waals surface area contributed by atoms with Gasteiger partial charge in [0.25, 0.3) is 0 Å². The van der Waals surface area contributed by atoms with Crippen molar-refractivity contribution in [3.05, 3.63) is 53.8 Å². The van der Waals surface area contributed by atoms with Crippen molar-refractivity contribution >= 4 is 27.5 Å². The predicted octanol–water partition coefficient (Wildman–Crippen LogP) is 3.19. The molecule has 9 nitrogen and oxygen atoms in total. The van der Waals surface area contributed by atoms with E-state index in [-0.39, 0.29) is 42.3 Å². The lowest BCUT2D eigenvalue weighted by Crippen LogP contribution is -2.52. The molecule has 1 heterocycles. The number of nitrogens with zero attached hydrogens (tertiary/aromatic N) is 2. The Bertz CT molecular complexity index is 1250. The molecule has 0 saturated heterocycles. The number of carbonyl (C=O) groups is 2. The monoisotopic (exact) mass is 533 g/mol. The molecule has 37 heavy (non-hydrogen) atoms. The Balaban J connectivity index is 1.62. The first-order valence-corrected chi connectivity index (χ1v) is 14.0. The molecule has 1 aliphatic heterocycles. The van der Waals surface area contributed by atoms with Gasteiger partial charge in [-0.15, -0.1) is 0 Å². The Morgan fingerprint density at radius 3 is 2.51 bits per heavy atom. The molecule has 0 radical (unpaired) electrons. The molecule has 1 aliphatic carbocycles. The van der Waals surface area contributed by atoms with Crippen LogP contribution in [0.15, 0.2) is 42.5 Å². The summed E-state index contributed by atoms with van der Waals surface area (Å²) in [4.78, 5) is 28.0. The van der Waals surface area contributed by atoms with Crippen LogP contribution in [-0.4, -0.2) is 56.3 Å². The predicted molar refractivity (Wildman–Crippen MR) is 136 cm³/mol. The second-order valence-electron chi connectivity index (χ2n) is 9.22. The minimum absolute atomic E-state index is 0.0162. The molecule has 1 N–H and O–H groups in total. The van der Waals surface area contributed by atoms with Gasteiger partial charge in [0.05, 0.1) is 11.4 Å². The summed E-state index contributed by atoms with van der Waals surface area (Å²) in [6.07, 6.45) is 3.78. The molecule has 0 bridgehead atoms. The fraction of sp³-hybridized carbons (Fsp3) is 0.462. The van der Waals surface area contributed by atoms with E-state index in [2.05, 4.69) is 5.32 Å². The molecule has 0 aromatic heterocycles. The lowest BCUT2D eigenvalue weighted by atomic mass is 10.1. The fourth-order valence-corrected chi connectivity index (χ4v) is 5.60. The van der Waals surface area contributed by atoms with Crippen molar-refractivity contribution in [3.63, 3.8) is 0 Å². The maximum Gasteiger partial charge on any atom is 0.244 e. The number of sulfonamides is 1. The summed E-state index contributed by atoms with van der Waals surface area (Å²) in [5.74, 6) is -0.912. The Morgan fingerprint density at radius 1 is 1.11 bits per heavy atom. The van der Waals surface area contributed by atoms with Crippen LogP contribution >= 0.6 is 0 Å². The van der Waals surface area contributed by atoms with Crippen LogP contribution in [0.1, 0.15) is 45.1 Å². The number of benzene rings is 2. The standard InChI is InChI=1S/C26H32FN3O6S/c1-3-37(33,34)30(21-12-13-23-24(14-21)36-17-35-23)16-25(31)29(15-19-8-4-7-11-22(19)27)18(2)26(32)28-20-9-5-6-10-20/h4,7-8,11-14,18,20H,3,5-6,9-10,15-17H2,1-2H3,(H,28,32)/t18-/m1/s1. The first-order valence-electron chi connectivity index (χ1n) is 12.4. The molecule has 200 valence electrons. The summed E-state index contributed by atoms with van der Waals surface area (Å²) in [5.41, 5.74) is 0.456. The molecule has 1 saturated carbocycles. The molecular formula is C26H32FN3O6S. The van der Waals surface area contributed by atoms with E-state index in [9.17, 15) is 22.4 Å². The number of amides is 2. The van der Waals surface area contributed by atoms with Gasteiger partial charge in [-0.3, -0.25) is 13.9 Å². The van der Waals surface area contributed by atoms with Crippen LogP contribution in [-0.2, 0) is 26.2 Å². The molecule has 1 atom stereocenters. The number of nitrogens with one attached hydrogen (secondary N) is 1. The zero-order chi connectivity index (χ0) is 26.6. The summed E-state index contributed by atoms with van der Waals surface area (Å²) in [7, 11) is -3.89. The summed E-state index contributed by atoms with van der Waals surface area (Å²) in [5, 5.41) is 2.98. The second kappa shape index (κ2) is 11.4. The van der Waals surface area contributed by atoms with Gasteiger partial charge in [-0.25, -0.2) is 12.8 Å². The van der Waals surface area contributed by atoms with Gasteiger partial charge in [-0.1, -0.05) is 31.0 Å². The number of hydrogen-bond acceptors (Lipinski definition) is 6. The van der Waals surface area contributed by atoms with E-state index in [4.69, 9.17) is 9.47 Å². The average molecular weight is 534 g/mol. The molecule has 2 aliphatic rings. The topological polar surface area (TPSA) is 105 Å². The van der Waals surface area contributed by atoms with E-state index in [0.717, 1.165) is 30.0 Å². The molecule has 1 fully saturated rings. The third kappa shape index (κ3) is 6.15. The minimum Gasteiger partial charge on any atom is -0.454 e. The van der Waals surface area contributed by atoms with E-state index in [1.807, 2.05) is 0 Å². The number of halogens is 1. The number of fused-ring (bicyclic) bond motifs is 1. The molecule has 2 aromatic rings. The second-order valence-corrected chi connectivity index (χ2v) is 11.4. The van der Waals surface area contributed by atoms with Crippen LogP contribution in [0.25, 0.3) is 0 Å². The number of rotatable bonds is 10. The van der Waals surface area contributed by atoms with Gasteiger partial charge in [0.15, 0.2) is 11.5 Å². The van der Waals surface area contributed by atoms with Gasteiger partial charge in [-0.2, -0.15) is 0 Å². The van der Waals surface area contributed by atoms with Gasteiger partial charge in [0.1, 0.15) is 18.4 Å². The molecule has 0 unspecified atom stereocenters. The van der Waals surface area contributed by atoms with Gasteiger partial charge in [0.2, 0.25) is 28.6 Å². The quantitative estimate of drug-likeness (QED) is 0.503. The number of hydrogen-bond donors (Lipinski definition) is 1. The summed E-state index contributed by atoms with van der Waals surface area (Å²) < 4.78 is 52.3. The minimum atomic E-state index is -3.89. The van der Waals surface area contributed by atoms with Crippen molar-refractivity contribution in [1.29, 1.82) is 0 Å². The summed E-state index contributed by atoms with van der Waals surface area (Å²) in [6, 6.07) is 9.70. The van der Waals surface area contributed by atoms with Crippen molar-refractivity contribution < 1.29 is 31.9 Å². The third-order valence-corrected chi connectivity index (χ3v) is 8.53. The average Bonchev–Trinajstić information content (AvgIpc) is 3.57. The highest BCUT2D eigenvalue weighted by molar-refractivity contribution is 7.92. The third-order valence-electron chi connectivity index (χ3n) is 6.79. The first kappa shape index (κ1) is 26.7. The maximum absolute atomic E-state index is 14.5. The first-order chi connectivity index (χ1) is 17.7. The van der Waals surface area contributed by atoms with Crippen LogP contribution in [0, 0.1) is 5.82 Å². The van der Waals surface area contributed by atoms with Crippen molar-refractivity contribution in [3.8, 4) is 11.5 Å². The van der Waals surface area contributed by atoms with Crippen molar-refractivity contribution in [2.45, 2.75) is 58.2 Å². The van der Waals surface area contributed by atoms with Crippen LogP contribution in [0.4, 0.5) is 10.1 Å². The van der Waals surface area contributed by atoms with E-state index in [1.54, 1.807) is 19.1 Å². The van der Waals surface area contributed by atoms with Crippen LogP contribution in [0.5, 0.6) is 11.5 Å². The molecular weight excluding hydrogens is 501 g/mol. The summed E-state index contributed by atoms with van der Waals surface area (Å²) >= 11 is 0. The van der Waals surface area contributed by atoms with Crippen LogP contribution < -0.4 is 19.1 Å². The normalized spacial score (nSPS) is 15.9. The highest BCUT2D eigenvalue weighted by Gasteiger charge is 2.33. The van der Waals surface area contributed by atoms with E-state index in [0.29, 0.717) is 11.5 Å². The zero-order valence-electron chi connectivity index (χ0n) is 21.0. The van der Waals surface area contributed by atoms with Gasteiger partial charge in [-0.05, 0) is 44.9 Å². The number of carbonyl (C=O) groups excluding carboxylic acids is 2. The van der Waals surface area contributed by atoms with Gasteiger partial charge >= 0.3 is 0 Å². The number of anilines is 1. The molecule has 0 spiro atoms. The molecule has 2 amide bonds. The van der Waals surface area contributed by atoms with E-state index in [1.165, 1.54) is 42.2 Å². The molecule has 4 rings (SSSR count). The van der Waals surface area contributed by atoms with E-state index >= 15 is 0 Å². The fourth-order valence-electron chi connectivity index (χ4n) is 4.54.